The van der Waals surface area contributed by atoms with Crippen LogP contribution in [0.25, 0.3) is 0 Å². The Morgan fingerprint density at radius 3 is 2.64 bits per heavy atom. The van der Waals surface area contributed by atoms with Gasteiger partial charge < -0.3 is 15.2 Å². The van der Waals surface area contributed by atoms with Gasteiger partial charge in [0.05, 0.1) is 6.61 Å². The van der Waals surface area contributed by atoms with Crippen LogP contribution in [0.3, 0.4) is 0 Å². The van der Waals surface area contributed by atoms with Crippen LogP contribution in [0.15, 0.2) is 0 Å². The second kappa shape index (κ2) is 9.88. The van der Waals surface area contributed by atoms with Crippen molar-refractivity contribution in [1.82, 2.24) is 5.32 Å². The van der Waals surface area contributed by atoms with E-state index >= 15 is 0 Å². The Bertz CT molecular complexity index is 61.1. The second-order valence-electron chi connectivity index (χ2n) is 2.53. The van der Waals surface area contributed by atoms with Gasteiger partial charge in [0.15, 0.2) is 0 Å². The number of aliphatic hydroxyl groups is 1. The van der Waals surface area contributed by atoms with Crippen LogP contribution < -0.4 is 5.32 Å². The van der Waals surface area contributed by atoms with Crippen LogP contribution in [0.5, 0.6) is 0 Å². The number of unbranched alkanes of at least 4 members (excludes halogenated alkanes) is 2. The molecule has 0 bridgehead atoms. The van der Waals surface area contributed by atoms with Gasteiger partial charge in [-0.25, -0.2) is 0 Å². The summed E-state index contributed by atoms with van der Waals surface area (Å²) in [5.74, 6) is 0. The van der Waals surface area contributed by atoms with E-state index in [0.717, 1.165) is 39.0 Å². The van der Waals surface area contributed by atoms with E-state index in [0.29, 0.717) is 6.61 Å². The molecule has 0 spiro atoms. The van der Waals surface area contributed by atoms with Crippen molar-refractivity contribution in [2.45, 2.75) is 19.3 Å². The molecule has 0 aliphatic rings. The summed E-state index contributed by atoms with van der Waals surface area (Å²) in [5.41, 5.74) is 0. The fraction of sp³-hybridized carbons (Fsp3) is 1.00. The molecule has 3 nitrogen and oxygen atoms in total. The number of rotatable bonds is 8. The first-order valence-electron chi connectivity index (χ1n) is 4.22. The quantitative estimate of drug-likeness (QED) is 0.506. The maximum Gasteiger partial charge on any atom is 0.0587 e. The van der Waals surface area contributed by atoms with E-state index in [9.17, 15) is 0 Å². The van der Waals surface area contributed by atoms with Gasteiger partial charge in [0.1, 0.15) is 0 Å². The fourth-order valence-corrected chi connectivity index (χ4v) is 0.838. The predicted octanol–water partition coefficient (Wildman–Crippen LogP) is 0.385. The topological polar surface area (TPSA) is 41.5 Å². The summed E-state index contributed by atoms with van der Waals surface area (Å²) in [6.45, 7) is 3.05. The molecule has 0 atom stereocenters. The van der Waals surface area contributed by atoms with Gasteiger partial charge in [0, 0.05) is 20.3 Å². The van der Waals surface area contributed by atoms with Gasteiger partial charge in [0.25, 0.3) is 0 Å². The predicted molar refractivity (Wildman–Crippen MR) is 45.7 cm³/mol. The van der Waals surface area contributed by atoms with Crippen molar-refractivity contribution in [2.75, 3.05) is 33.4 Å². The molecule has 0 rings (SSSR count). The third-order valence-electron chi connectivity index (χ3n) is 1.49. The zero-order valence-corrected chi connectivity index (χ0v) is 7.31. The maximum atomic E-state index is 8.47. The molecule has 0 aliphatic heterocycles. The lowest BCUT2D eigenvalue weighted by molar-refractivity contribution is 0.199. The third-order valence-corrected chi connectivity index (χ3v) is 1.49. The summed E-state index contributed by atoms with van der Waals surface area (Å²) >= 11 is 0. The number of aliphatic hydroxyl groups excluding tert-OH is 1. The lowest BCUT2D eigenvalue weighted by atomic mass is 10.2. The summed E-state index contributed by atoms with van der Waals surface area (Å²) in [7, 11) is 1.70. The zero-order chi connectivity index (χ0) is 8.36. The molecule has 0 radical (unpaired) electrons. The summed E-state index contributed by atoms with van der Waals surface area (Å²) in [4.78, 5) is 0. The standard InChI is InChI=1S/C8H19NO2/c1-11-8-6-9-5-3-2-4-7-10/h9-10H,2-8H2,1H3. The molecule has 0 unspecified atom stereocenters. The zero-order valence-electron chi connectivity index (χ0n) is 7.31. The van der Waals surface area contributed by atoms with E-state index in [1.807, 2.05) is 0 Å². The van der Waals surface area contributed by atoms with Gasteiger partial charge >= 0.3 is 0 Å². The van der Waals surface area contributed by atoms with Crippen LogP contribution in [0.2, 0.25) is 0 Å². The van der Waals surface area contributed by atoms with Gasteiger partial charge in [-0.3, -0.25) is 0 Å². The summed E-state index contributed by atoms with van der Waals surface area (Å²) in [6, 6.07) is 0. The van der Waals surface area contributed by atoms with Crippen molar-refractivity contribution in [1.29, 1.82) is 0 Å². The molecule has 68 valence electrons. The third kappa shape index (κ3) is 9.88. The Labute approximate surface area is 68.8 Å². The van der Waals surface area contributed by atoms with Crippen molar-refractivity contribution in [3.05, 3.63) is 0 Å². The molecule has 0 aliphatic carbocycles. The number of ether oxygens (including phenoxy) is 1. The molecule has 0 saturated carbocycles. The number of nitrogens with one attached hydrogen (secondary N) is 1. The van der Waals surface area contributed by atoms with E-state index in [4.69, 9.17) is 9.84 Å². The molecule has 0 aromatic carbocycles. The van der Waals surface area contributed by atoms with Gasteiger partial charge in [-0.1, -0.05) is 0 Å². The molecule has 0 amide bonds. The number of hydrogen-bond donors (Lipinski definition) is 2. The van der Waals surface area contributed by atoms with E-state index in [2.05, 4.69) is 5.32 Å². The molecule has 0 heterocycles. The highest BCUT2D eigenvalue weighted by Crippen LogP contribution is 1.91. The highest BCUT2D eigenvalue weighted by Gasteiger charge is 1.87. The van der Waals surface area contributed by atoms with Crippen molar-refractivity contribution >= 4 is 0 Å². The second-order valence-corrected chi connectivity index (χ2v) is 2.53. The van der Waals surface area contributed by atoms with E-state index in [-0.39, 0.29) is 0 Å². The van der Waals surface area contributed by atoms with Crippen molar-refractivity contribution in [3.8, 4) is 0 Å². The highest BCUT2D eigenvalue weighted by molar-refractivity contribution is 4.47. The molecule has 0 fully saturated rings. The van der Waals surface area contributed by atoms with Gasteiger partial charge in [-0.15, -0.1) is 0 Å². The minimum atomic E-state index is 0.318. The lowest BCUT2D eigenvalue weighted by Crippen LogP contribution is -2.20. The molecular weight excluding hydrogens is 142 g/mol. The molecule has 0 aromatic rings. The largest absolute Gasteiger partial charge is 0.396 e. The lowest BCUT2D eigenvalue weighted by Gasteiger charge is -2.02. The fourth-order valence-electron chi connectivity index (χ4n) is 0.838. The van der Waals surface area contributed by atoms with Crippen molar-refractivity contribution in [2.24, 2.45) is 0 Å². The maximum absolute atomic E-state index is 8.47. The van der Waals surface area contributed by atoms with Crippen LogP contribution in [0, 0.1) is 0 Å². The number of methoxy groups -OCH3 is 1. The average Bonchev–Trinajstić information content (AvgIpc) is 2.03. The SMILES string of the molecule is COCCNCCCCCO. The normalized spacial score (nSPS) is 10.4. The minimum Gasteiger partial charge on any atom is -0.396 e. The van der Waals surface area contributed by atoms with Crippen LogP contribution in [-0.4, -0.2) is 38.5 Å². The first kappa shape index (κ1) is 10.9. The Morgan fingerprint density at radius 2 is 2.00 bits per heavy atom. The van der Waals surface area contributed by atoms with Gasteiger partial charge in [-0.2, -0.15) is 0 Å². The molecule has 2 N–H and O–H groups in total. The molecule has 0 aromatic heterocycles. The minimum absolute atomic E-state index is 0.318. The van der Waals surface area contributed by atoms with Crippen molar-refractivity contribution in [3.63, 3.8) is 0 Å². The van der Waals surface area contributed by atoms with Gasteiger partial charge in [0.2, 0.25) is 0 Å². The smallest absolute Gasteiger partial charge is 0.0587 e. The summed E-state index contributed by atoms with van der Waals surface area (Å²) in [5, 5.41) is 11.7. The first-order valence-corrected chi connectivity index (χ1v) is 4.22. The van der Waals surface area contributed by atoms with E-state index in [1.165, 1.54) is 0 Å². The first-order chi connectivity index (χ1) is 5.41. The summed E-state index contributed by atoms with van der Waals surface area (Å²) in [6.07, 6.45) is 3.17. The Kier molecular flexibility index (Phi) is 9.77. The molecule has 3 heteroatoms. The molecular formula is C8H19NO2. The van der Waals surface area contributed by atoms with Crippen LogP contribution in [0.1, 0.15) is 19.3 Å². The monoisotopic (exact) mass is 161 g/mol. The Balaban J connectivity index is 2.69. The molecule has 11 heavy (non-hydrogen) atoms. The van der Waals surface area contributed by atoms with Gasteiger partial charge in [-0.05, 0) is 25.8 Å². The number of hydrogen-bond acceptors (Lipinski definition) is 3. The van der Waals surface area contributed by atoms with Crippen molar-refractivity contribution < 1.29 is 9.84 Å². The van der Waals surface area contributed by atoms with E-state index in [1.54, 1.807) is 7.11 Å². The van der Waals surface area contributed by atoms with E-state index < -0.39 is 0 Å². The van der Waals surface area contributed by atoms with Crippen LogP contribution in [0.4, 0.5) is 0 Å². The Morgan fingerprint density at radius 1 is 1.18 bits per heavy atom. The highest BCUT2D eigenvalue weighted by atomic mass is 16.5. The van der Waals surface area contributed by atoms with Crippen LogP contribution in [-0.2, 0) is 4.74 Å². The summed E-state index contributed by atoms with van der Waals surface area (Å²) < 4.78 is 4.87. The van der Waals surface area contributed by atoms with Crippen LogP contribution >= 0.6 is 0 Å². The average molecular weight is 161 g/mol. The Hall–Kier alpha value is -0.120. The molecule has 0 saturated heterocycles.